The molecule has 2 rings (SSSR count). The number of nitrogens with zero attached hydrogens (tertiary/aromatic N) is 3. The SMILES string of the molecule is O=C(O)c1ccc2c(ncn2C(=O)O)n1. The van der Waals surface area contributed by atoms with Gasteiger partial charge in [-0.1, -0.05) is 0 Å². The number of carboxylic acid groups (broad SMARTS) is 2. The standard InChI is InChI=1S/C8H5N3O4/c12-7(13)4-1-2-5-6(10-4)9-3-11(5)8(14)15/h1-3H,(H,12,13)(H,14,15). The van der Waals surface area contributed by atoms with Gasteiger partial charge in [0.2, 0.25) is 0 Å². The van der Waals surface area contributed by atoms with E-state index in [2.05, 4.69) is 9.97 Å². The molecule has 0 aliphatic heterocycles. The molecular weight excluding hydrogens is 202 g/mol. The van der Waals surface area contributed by atoms with Crippen LogP contribution in [-0.4, -0.2) is 36.8 Å². The fraction of sp³-hybridized carbons (Fsp3) is 0. The lowest BCUT2D eigenvalue weighted by Gasteiger charge is -1.96. The zero-order valence-corrected chi connectivity index (χ0v) is 7.28. The molecule has 0 spiro atoms. The van der Waals surface area contributed by atoms with Gasteiger partial charge in [-0.25, -0.2) is 24.1 Å². The van der Waals surface area contributed by atoms with Crippen molar-refractivity contribution in [2.24, 2.45) is 0 Å². The molecule has 2 N–H and O–H groups in total. The number of hydrogen-bond acceptors (Lipinski definition) is 4. The zero-order valence-electron chi connectivity index (χ0n) is 7.28. The summed E-state index contributed by atoms with van der Waals surface area (Å²) >= 11 is 0. The van der Waals surface area contributed by atoms with Crippen LogP contribution in [0.5, 0.6) is 0 Å². The summed E-state index contributed by atoms with van der Waals surface area (Å²) in [6.45, 7) is 0. The molecule has 0 aliphatic rings. The topological polar surface area (TPSA) is 105 Å². The molecule has 0 aromatic carbocycles. The maximum absolute atomic E-state index is 10.7. The summed E-state index contributed by atoms with van der Waals surface area (Å²) < 4.78 is 0.869. The predicted molar refractivity (Wildman–Crippen MR) is 47.9 cm³/mol. The Labute approximate surface area is 82.6 Å². The molecule has 0 fully saturated rings. The highest BCUT2D eigenvalue weighted by Crippen LogP contribution is 2.10. The number of rotatable bonds is 1. The van der Waals surface area contributed by atoms with Crippen LogP contribution in [0, 0.1) is 0 Å². The molecule has 7 heteroatoms. The van der Waals surface area contributed by atoms with Crippen molar-refractivity contribution in [3.8, 4) is 0 Å². The van der Waals surface area contributed by atoms with Crippen molar-refractivity contribution in [2.75, 3.05) is 0 Å². The maximum Gasteiger partial charge on any atom is 0.417 e. The second-order valence-electron chi connectivity index (χ2n) is 2.74. The Bertz CT molecular complexity index is 560. The van der Waals surface area contributed by atoms with Crippen LogP contribution < -0.4 is 0 Å². The van der Waals surface area contributed by atoms with E-state index in [1.165, 1.54) is 12.1 Å². The molecule has 2 heterocycles. The highest BCUT2D eigenvalue weighted by atomic mass is 16.4. The summed E-state index contributed by atoms with van der Waals surface area (Å²) in [7, 11) is 0. The maximum atomic E-state index is 10.7. The minimum Gasteiger partial charge on any atom is -0.477 e. The van der Waals surface area contributed by atoms with Crippen LogP contribution in [-0.2, 0) is 0 Å². The summed E-state index contributed by atoms with van der Waals surface area (Å²) in [5.41, 5.74) is 0.183. The van der Waals surface area contributed by atoms with E-state index in [1.54, 1.807) is 0 Å². The van der Waals surface area contributed by atoms with Crippen LogP contribution in [0.2, 0.25) is 0 Å². The number of pyridine rings is 1. The molecule has 0 unspecified atom stereocenters. The molecule has 2 aromatic heterocycles. The van der Waals surface area contributed by atoms with Crippen molar-refractivity contribution in [3.05, 3.63) is 24.2 Å². The van der Waals surface area contributed by atoms with Crippen LogP contribution in [0.4, 0.5) is 4.79 Å². The fourth-order valence-corrected chi connectivity index (χ4v) is 1.17. The molecule has 0 amide bonds. The van der Waals surface area contributed by atoms with Crippen molar-refractivity contribution < 1.29 is 19.8 Å². The molecular formula is C8H5N3O4. The van der Waals surface area contributed by atoms with Gasteiger partial charge in [-0.05, 0) is 12.1 Å². The molecule has 0 radical (unpaired) electrons. The van der Waals surface area contributed by atoms with E-state index < -0.39 is 12.1 Å². The molecule has 2 aromatic rings. The predicted octanol–water partition coefficient (Wildman–Crippen LogP) is 0.656. The third-order valence-corrected chi connectivity index (χ3v) is 1.83. The minimum atomic E-state index is -1.19. The number of aromatic carboxylic acids is 1. The van der Waals surface area contributed by atoms with Gasteiger partial charge in [-0.15, -0.1) is 0 Å². The van der Waals surface area contributed by atoms with Gasteiger partial charge in [0.05, 0.1) is 5.52 Å². The highest BCUT2D eigenvalue weighted by molar-refractivity contribution is 5.90. The van der Waals surface area contributed by atoms with Crippen molar-refractivity contribution in [1.82, 2.24) is 14.5 Å². The first-order chi connectivity index (χ1) is 7.09. The molecule has 0 bridgehead atoms. The monoisotopic (exact) mass is 207 g/mol. The van der Waals surface area contributed by atoms with Gasteiger partial charge in [0.1, 0.15) is 6.33 Å². The summed E-state index contributed by atoms with van der Waals surface area (Å²) in [5, 5.41) is 17.4. The molecule has 7 nitrogen and oxygen atoms in total. The van der Waals surface area contributed by atoms with Crippen LogP contribution in [0.1, 0.15) is 10.5 Å². The average molecular weight is 207 g/mol. The van der Waals surface area contributed by atoms with Gasteiger partial charge < -0.3 is 10.2 Å². The van der Waals surface area contributed by atoms with E-state index in [4.69, 9.17) is 10.2 Å². The lowest BCUT2D eigenvalue weighted by atomic mass is 10.3. The third kappa shape index (κ3) is 1.39. The van der Waals surface area contributed by atoms with Crippen molar-refractivity contribution >= 4 is 23.2 Å². The largest absolute Gasteiger partial charge is 0.477 e. The quantitative estimate of drug-likeness (QED) is 0.711. The molecule has 15 heavy (non-hydrogen) atoms. The number of hydrogen-bond donors (Lipinski definition) is 2. The minimum absolute atomic E-state index is 0.0947. The number of imidazole rings is 1. The first-order valence-corrected chi connectivity index (χ1v) is 3.90. The molecule has 0 saturated heterocycles. The Balaban J connectivity index is 2.66. The van der Waals surface area contributed by atoms with Crippen molar-refractivity contribution in [2.45, 2.75) is 0 Å². The number of carbonyl (C=O) groups is 2. The first-order valence-electron chi connectivity index (χ1n) is 3.90. The molecule has 0 saturated carbocycles. The second-order valence-corrected chi connectivity index (χ2v) is 2.74. The van der Waals surface area contributed by atoms with Gasteiger partial charge in [0.15, 0.2) is 11.3 Å². The Kier molecular flexibility index (Phi) is 1.86. The van der Waals surface area contributed by atoms with Gasteiger partial charge in [0.25, 0.3) is 0 Å². The summed E-state index contributed by atoms with van der Waals surface area (Å²) in [4.78, 5) is 28.6. The van der Waals surface area contributed by atoms with E-state index in [0.717, 1.165) is 10.9 Å². The van der Waals surface area contributed by atoms with Crippen LogP contribution in [0.25, 0.3) is 11.2 Å². The second kappa shape index (κ2) is 3.05. The van der Waals surface area contributed by atoms with Crippen LogP contribution >= 0.6 is 0 Å². The highest BCUT2D eigenvalue weighted by Gasteiger charge is 2.11. The lowest BCUT2D eigenvalue weighted by Crippen LogP contribution is -2.06. The summed E-state index contributed by atoms with van der Waals surface area (Å²) in [6.07, 6.45) is -0.117. The van der Waals surface area contributed by atoms with Gasteiger partial charge in [-0.3, -0.25) is 0 Å². The normalized spacial score (nSPS) is 10.4. The summed E-state index contributed by atoms with van der Waals surface area (Å²) in [5.74, 6) is -1.18. The number of fused-ring (bicyclic) bond motifs is 1. The number of carboxylic acids is 1. The van der Waals surface area contributed by atoms with Gasteiger partial charge >= 0.3 is 12.1 Å². The first kappa shape index (κ1) is 9.13. The average Bonchev–Trinajstić information content (AvgIpc) is 2.59. The van der Waals surface area contributed by atoms with Crippen molar-refractivity contribution in [3.63, 3.8) is 0 Å². The molecule has 0 atom stereocenters. The molecule has 0 aliphatic carbocycles. The zero-order chi connectivity index (χ0) is 11.0. The van der Waals surface area contributed by atoms with Crippen LogP contribution in [0.15, 0.2) is 18.5 Å². The summed E-state index contributed by atoms with van der Waals surface area (Å²) in [6, 6.07) is 2.58. The fourth-order valence-electron chi connectivity index (χ4n) is 1.17. The van der Waals surface area contributed by atoms with Crippen molar-refractivity contribution in [1.29, 1.82) is 0 Å². The van der Waals surface area contributed by atoms with Gasteiger partial charge in [0, 0.05) is 0 Å². The van der Waals surface area contributed by atoms with E-state index in [1.807, 2.05) is 0 Å². The smallest absolute Gasteiger partial charge is 0.417 e. The van der Waals surface area contributed by atoms with E-state index >= 15 is 0 Å². The Morgan fingerprint density at radius 1 is 1.27 bits per heavy atom. The van der Waals surface area contributed by atoms with E-state index in [0.29, 0.717) is 0 Å². The van der Waals surface area contributed by atoms with Crippen LogP contribution in [0.3, 0.4) is 0 Å². The van der Waals surface area contributed by atoms with Gasteiger partial charge in [-0.2, -0.15) is 0 Å². The Morgan fingerprint density at radius 2 is 2.00 bits per heavy atom. The number of aromatic nitrogens is 3. The van der Waals surface area contributed by atoms with E-state index in [9.17, 15) is 9.59 Å². The van der Waals surface area contributed by atoms with E-state index in [-0.39, 0.29) is 16.9 Å². The lowest BCUT2D eigenvalue weighted by molar-refractivity contribution is 0.0691. The third-order valence-electron chi connectivity index (χ3n) is 1.83. The Morgan fingerprint density at radius 3 is 2.60 bits per heavy atom. The molecule has 76 valence electrons. The Hall–Kier alpha value is -2.44.